The Morgan fingerprint density at radius 2 is 1.82 bits per heavy atom. The zero-order chi connectivity index (χ0) is 24.0. The number of carbonyl (C=O) groups is 2. The molecule has 10 heteroatoms. The first-order valence-electron chi connectivity index (χ1n) is 10.9. The molecule has 33 heavy (non-hydrogen) atoms. The van der Waals surface area contributed by atoms with Crippen LogP contribution in [0.5, 0.6) is 0 Å². The summed E-state index contributed by atoms with van der Waals surface area (Å²) in [6.07, 6.45) is 4.00. The monoisotopic (exact) mass is 476 g/mol. The first-order valence-corrected chi connectivity index (χ1v) is 12.3. The number of aromatic nitrogens is 1. The maximum Gasteiger partial charge on any atom is 0.243 e. The lowest BCUT2D eigenvalue weighted by Crippen LogP contribution is -2.52. The maximum atomic E-state index is 13.1. The number of benzene rings is 1. The molecular weight excluding hydrogens is 447 g/mol. The lowest BCUT2D eigenvalue weighted by Gasteiger charge is -2.32. The minimum atomic E-state index is -3.75. The van der Waals surface area contributed by atoms with E-state index in [1.54, 1.807) is 18.5 Å². The number of hydrogen-bond acceptors (Lipinski definition) is 5. The van der Waals surface area contributed by atoms with Crippen LogP contribution in [0.1, 0.15) is 32.3 Å². The lowest BCUT2D eigenvalue weighted by molar-refractivity contribution is -0.132. The second-order valence-electron chi connectivity index (χ2n) is 8.44. The number of pyridine rings is 1. The third-order valence-electron chi connectivity index (χ3n) is 5.71. The van der Waals surface area contributed by atoms with E-state index in [9.17, 15) is 22.4 Å². The largest absolute Gasteiger partial charge is 0.350 e. The van der Waals surface area contributed by atoms with Crippen LogP contribution in [0.3, 0.4) is 0 Å². The zero-order valence-corrected chi connectivity index (χ0v) is 19.5. The van der Waals surface area contributed by atoms with Crippen LogP contribution < -0.4 is 10.6 Å². The van der Waals surface area contributed by atoms with Gasteiger partial charge in [0.05, 0.1) is 4.90 Å². The SMILES string of the molecule is CC(C)C(NC(=O)C1CCN(S(=O)(=O)c2ccc(F)cc2)CC1)C(=O)NCc1cccnc1. The standard InChI is InChI=1S/C23H29FN4O4S/c1-16(2)21(23(30)26-15-17-4-3-11-25-14-17)27-22(29)18-9-12-28(13-10-18)33(31,32)20-7-5-19(24)6-8-20/h3-8,11,14,16,18,21H,9-10,12-13,15H2,1-2H3,(H,26,30)(H,27,29). The van der Waals surface area contributed by atoms with E-state index in [-0.39, 0.29) is 35.7 Å². The highest BCUT2D eigenvalue weighted by molar-refractivity contribution is 7.89. The molecule has 2 heterocycles. The van der Waals surface area contributed by atoms with Crippen LogP contribution >= 0.6 is 0 Å². The molecule has 0 radical (unpaired) electrons. The molecule has 0 aliphatic carbocycles. The highest BCUT2D eigenvalue weighted by Crippen LogP contribution is 2.24. The Labute approximate surface area is 193 Å². The van der Waals surface area contributed by atoms with Gasteiger partial charge in [0.25, 0.3) is 0 Å². The topological polar surface area (TPSA) is 108 Å². The molecule has 1 fully saturated rings. The Hall–Kier alpha value is -2.85. The first kappa shape index (κ1) is 24.8. The van der Waals surface area contributed by atoms with Gasteiger partial charge in [0.1, 0.15) is 11.9 Å². The Kier molecular flexibility index (Phi) is 8.15. The molecule has 1 aliphatic heterocycles. The fourth-order valence-corrected chi connectivity index (χ4v) is 5.19. The van der Waals surface area contributed by atoms with Gasteiger partial charge in [-0.15, -0.1) is 0 Å². The van der Waals surface area contributed by atoms with Gasteiger partial charge in [0.15, 0.2) is 0 Å². The van der Waals surface area contributed by atoms with Crippen LogP contribution in [0.2, 0.25) is 0 Å². The molecule has 8 nitrogen and oxygen atoms in total. The molecule has 3 rings (SSSR count). The third kappa shape index (κ3) is 6.35. The molecule has 1 aliphatic rings. The normalized spacial score (nSPS) is 16.4. The zero-order valence-electron chi connectivity index (χ0n) is 18.7. The summed E-state index contributed by atoms with van der Waals surface area (Å²) in [5.41, 5.74) is 0.856. The van der Waals surface area contributed by atoms with Crippen LogP contribution in [0.15, 0.2) is 53.7 Å². The molecular formula is C23H29FN4O4S. The van der Waals surface area contributed by atoms with Gasteiger partial charge >= 0.3 is 0 Å². The second-order valence-corrected chi connectivity index (χ2v) is 10.4. The summed E-state index contributed by atoms with van der Waals surface area (Å²) in [7, 11) is -3.75. The van der Waals surface area contributed by atoms with Crippen molar-refractivity contribution >= 4 is 21.8 Å². The molecule has 1 aromatic heterocycles. The lowest BCUT2D eigenvalue weighted by atomic mass is 9.95. The molecule has 2 aromatic rings. The summed E-state index contributed by atoms with van der Waals surface area (Å²) in [4.78, 5) is 29.6. The van der Waals surface area contributed by atoms with Gasteiger partial charge < -0.3 is 10.6 Å². The van der Waals surface area contributed by atoms with Gasteiger partial charge in [-0.2, -0.15) is 4.31 Å². The minimum Gasteiger partial charge on any atom is -0.350 e. The Bertz CT molecular complexity index is 1050. The van der Waals surface area contributed by atoms with Crippen molar-refractivity contribution in [2.75, 3.05) is 13.1 Å². The van der Waals surface area contributed by atoms with E-state index >= 15 is 0 Å². The van der Waals surface area contributed by atoms with Gasteiger partial charge in [0.2, 0.25) is 21.8 Å². The number of nitrogens with one attached hydrogen (secondary N) is 2. The summed E-state index contributed by atoms with van der Waals surface area (Å²) in [5.74, 6) is -1.56. The third-order valence-corrected chi connectivity index (χ3v) is 7.63. The van der Waals surface area contributed by atoms with Gasteiger partial charge in [-0.25, -0.2) is 12.8 Å². The van der Waals surface area contributed by atoms with Gasteiger partial charge in [0, 0.05) is 37.9 Å². The predicted molar refractivity (Wildman–Crippen MR) is 121 cm³/mol. The van der Waals surface area contributed by atoms with Crippen molar-refractivity contribution in [3.63, 3.8) is 0 Å². The van der Waals surface area contributed by atoms with E-state index in [4.69, 9.17) is 0 Å². The van der Waals surface area contributed by atoms with Crippen LogP contribution in [0, 0.1) is 17.7 Å². The number of carbonyl (C=O) groups excluding carboxylic acids is 2. The minimum absolute atomic E-state index is 0.0250. The van der Waals surface area contributed by atoms with Crippen molar-refractivity contribution < 1.29 is 22.4 Å². The molecule has 1 saturated heterocycles. The van der Waals surface area contributed by atoms with Crippen molar-refractivity contribution in [1.29, 1.82) is 0 Å². The number of piperidine rings is 1. The molecule has 1 atom stereocenters. The molecule has 0 spiro atoms. The van der Waals surface area contributed by atoms with E-state index in [1.807, 2.05) is 19.9 Å². The fraction of sp³-hybridized carbons (Fsp3) is 0.435. The quantitative estimate of drug-likeness (QED) is 0.607. The smallest absolute Gasteiger partial charge is 0.243 e. The Morgan fingerprint density at radius 1 is 1.15 bits per heavy atom. The van der Waals surface area contributed by atoms with E-state index in [1.165, 1.54) is 16.4 Å². The molecule has 178 valence electrons. The van der Waals surface area contributed by atoms with Gasteiger partial charge in [-0.1, -0.05) is 19.9 Å². The van der Waals surface area contributed by atoms with E-state index < -0.39 is 27.8 Å². The summed E-state index contributed by atoms with van der Waals surface area (Å²) < 4.78 is 40.0. The number of halogens is 1. The molecule has 0 bridgehead atoms. The Morgan fingerprint density at radius 3 is 2.39 bits per heavy atom. The predicted octanol–water partition coefficient (Wildman–Crippen LogP) is 2.08. The fourth-order valence-electron chi connectivity index (χ4n) is 3.72. The average Bonchev–Trinajstić information content (AvgIpc) is 2.81. The Balaban J connectivity index is 1.55. The summed E-state index contributed by atoms with van der Waals surface area (Å²) in [6.45, 7) is 4.37. The summed E-state index contributed by atoms with van der Waals surface area (Å²) in [6, 6.07) is 7.63. The van der Waals surface area contributed by atoms with Crippen LogP contribution in [0.25, 0.3) is 0 Å². The van der Waals surface area contributed by atoms with Crippen LogP contribution in [0.4, 0.5) is 4.39 Å². The number of sulfonamides is 1. The molecule has 0 saturated carbocycles. The van der Waals surface area contributed by atoms with E-state index in [0.717, 1.165) is 17.7 Å². The number of hydrogen-bond donors (Lipinski definition) is 2. The number of nitrogens with zero attached hydrogens (tertiary/aromatic N) is 2. The van der Waals surface area contributed by atoms with Gasteiger partial charge in [-0.05, 0) is 54.7 Å². The second kappa shape index (κ2) is 10.8. The summed E-state index contributed by atoms with van der Waals surface area (Å²) in [5, 5.41) is 5.67. The van der Waals surface area contributed by atoms with Crippen molar-refractivity contribution in [3.8, 4) is 0 Å². The number of rotatable bonds is 8. The molecule has 1 aromatic carbocycles. The van der Waals surface area contributed by atoms with Gasteiger partial charge in [-0.3, -0.25) is 14.6 Å². The molecule has 2 N–H and O–H groups in total. The highest BCUT2D eigenvalue weighted by Gasteiger charge is 2.34. The molecule has 2 amide bonds. The summed E-state index contributed by atoms with van der Waals surface area (Å²) >= 11 is 0. The number of amides is 2. The maximum absolute atomic E-state index is 13.1. The van der Waals surface area contributed by atoms with E-state index in [2.05, 4.69) is 15.6 Å². The van der Waals surface area contributed by atoms with E-state index in [0.29, 0.717) is 19.4 Å². The van der Waals surface area contributed by atoms with Crippen molar-refractivity contribution in [3.05, 3.63) is 60.2 Å². The van der Waals surface area contributed by atoms with Crippen molar-refractivity contribution in [2.24, 2.45) is 11.8 Å². The van der Waals surface area contributed by atoms with Crippen LogP contribution in [-0.4, -0.2) is 48.7 Å². The molecule has 1 unspecified atom stereocenters. The van der Waals surface area contributed by atoms with Crippen molar-refractivity contribution in [2.45, 2.75) is 44.2 Å². The van der Waals surface area contributed by atoms with Crippen LogP contribution in [-0.2, 0) is 26.2 Å². The highest BCUT2D eigenvalue weighted by atomic mass is 32.2. The van der Waals surface area contributed by atoms with Crippen molar-refractivity contribution in [1.82, 2.24) is 19.9 Å². The first-order chi connectivity index (χ1) is 15.7. The average molecular weight is 477 g/mol.